The lowest BCUT2D eigenvalue weighted by Crippen LogP contribution is -2.74. The molecule has 0 aliphatic rings. The highest BCUT2D eigenvalue weighted by Crippen LogP contribution is 2.23. The van der Waals surface area contributed by atoms with Crippen molar-refractivity contribution < 1.29 is 18.1 Å². The van der Waals surface area contributed by atoms with Crippen molar-refractivity contribution in [3.05, 3.63) is 134 Å². The summed E-state index contributed by atoms with van der Waals surface area (Å²) in [6, 6.07) is 42.7. The van der Waals surface area contributed by atoms with Gasteiger partial charge in [-0.25, -0.2) is 4.79 Å². The third kappa shape index (κ3) is 6.95. The molecule has 0 spiro atoms. The maximum atomic E-state index is 11.8. The van der Waals surface area contributed by atoms with E-state index >= 15 is 0 Å². The summed E-state index contributed by atoms with van der Waals surface area (Å²) in [4.78, 5) is 11.8. The van der Waals surface area contributed by atoms with E-state index in [2.05, 4.69) is 111 Å². The van der Waals surface area contributed by atoms with Crippen molar-refractivity contribution in [1.29, 1.82) is 0 Å². The fraction of sp³-hybridized carbons (Fsp3) is 0.206. The predicted molar refractivity (Wildman–Crippen MR) is 168 cm³/mol. The second-order valence-electron chi connectivity index (χ2n) is 9.69. The van der Waals surface area contributed by atoms with Gasteiger partial charge in [-0.1, -0.05) is 141 Å². The number of hydrogen-bond acceptors (Lipinski definition) is 4. The number of esters is 1. The van der Waals surface area contributed by atoms with Crippen LogP contribution in [-0.2, 0) is 18.1 Å². The minimum absolute atomic E-state index is 0.296. The van der Waals surface area contributed by atoms with Crippen molar-refractivity contribution in [2.24, 2.45) is 0 Å². The van der Waals surface area contributed by atoms with Gasteiger partial charge in [0.25, 0.3) is 0 Å². The van der Waals surface area contributed by atoms with Gasteiger partial charge in [0.2, 0.25) is 8.32 Å². The summed E-state index contributed by atoms with van der Waals surface area (Å²) in [6.07, 6.45) is 3.84. The molecule has 0 saturated heterocycles. The van der Waals surface area contributed by atoms with Gasteiger partial charge in [-0.05, 0) is 39.6 Å². The Hall–Kier alpha value is -3.56. The van der Waals surface area contributed by atoms with E-state index in [-0.39, 0.29) is 0 Å². The van der Waals surface area contributed by atoms with Crippen LogP contribution in [0.4, 0.5) is 0 Å². The Kier molecular flexibility index (Phi) is 10.8. The molecule has 6 heteroatoms. The highest BCUT2D eigenvalue weighted by Gasteiger charge is 2.52. The van der Waals surface area contributed by atoms with Crippen molar-refractivity contribution in [3.8, 4) is 0 Å². The van der Waals surface area contributed by atoms with E-state index in [1.54, 1.807) is 0 Å². The third-order valence-electron chi connectivity index (χ3n) is 6.99. The van der Waals surface area contributed by atoms with Crippen LogP contribution in [0.25, 0.3) is 0 Å². The van der Waals surface area contributed by atoms with Crippen LogP contribution in [0.1, 0.15) is 26.2 Å². The SMILES string of the molecule is C=CC(=O)OCCC[Si](O[Si](OCCCC)(c1ccccc1)c1ccccc1)(c1ccccc1)c1ccccc1. The molecule has 0 amide bonds. The van der Waals surface area contributed by atoms with E-state index in [1.165, 1.54) is 16.4 Å². The van der Waals surface area contributed by atoms with Crippen LogP contribution in [0.15, 0.2) is 134 Å². The molecule has 4 aromatic carbocycles. The normalized spacial score (nSPS) is 11.6. The average molecular weight is 567 g/mol. The fourth-order valence-corrected chi connectivity index (χ4v) is 14.9. The molecular formula is C34H38O4Si2. The summed E-state index contributed by atoms with van der Waals surface area (Å²) >= 11 is 0. The first-order chi connectivity index (χ1) is 19.6. The predicted octanol–water partition coefficient (Wildman–Crippen LogP) is 4.96. The largest absolute Gasteiger partial charge is 0.463 e. The van der Waals surface area contributed by atoms with Crippen LogP contribution in [-0.4, -0.2) is 36.1 Å². The zero-order valence-electron chi connectivity index (χ0n) is 23.2. The minimum Gasteiger partial charge on any atom is -0.463 e. The molecule has 0 fully saturated rings. The van der Waals surface area contributed by atoms with Crippen molar-refractivity contribution in [2.45, 2.75) is 32.2 Å². The summed E-state index contributed by atoms with van der Waals surface area (Å²) < 4.78 is 20.3. The first kappa shape index (κ1) is 29.4. The number of carbonyl (C=O) groups excluding carboxylic acids is 1. The number of ether oxygens (including phenoxy) is 1. The van der Waals surface area contributed by atoms with E-state index in [0.29, 0.717) is 19.6 Å². The molecule has 0 heterocycles. The molecule has 0 aliphatic heterocycles. The average Bonchev–Trinajstić information content (AvgIpc) is 3.03. The molecule has 0 atom stereocenters. The summed E-state index contributed by atoms with van der Waals surface area (Å²) in [6.45, 7) is 6.61. The van der Waals surface area contributed by atoms with Gasteiger partial charge in [-0.15, -0.1) is 0 Å². The molecule has 0 radical (unpaired) electrons. The Labute approximate surface area is 240 Å². The smallest absolute Gasteiger partial charge is 0.397 e. The summed E-state index contributed by atoms with van der Waals surface area (Å²) in [5, 5.41) is 4.50. The quantitative estimate of drug-likeness (QED) is 0.0884. The highest BCUT2D eigenvalue weighted by atomic mass is 28.4. The van der Waals surface area contributed by atoms with Gasteiger partial charge < -0.3 is 13.3 Å². The van der Waals surface area contributed by atoms with Crippen molar-refractivity contribution in [1.82, 2.24) is 0 Å². The second-order valence-corrected chi connectivity index (χ2v) is 16.5. The number of carbonyl (C=O) groups is 1. The monoisotopic (exact) mass is 566 g/mol. The van der Waals surface area contributed by atoms with Gasteiger partial charge in [0.05, 0.1) is 6.61 Å². The Morgan fingerprint density at radius 2 is 1.12 bits per heavy atom. The minimum atomic E-state index is -3.24. The Bertz CT molecular complexity index is 1240. The standard InChI is InChI=1S/C34H38O4Si2/c1-3-5-28-37-40(32-23-14-8-15-24-32,33-25-16-9-17-26-33)38-39(30-19-10-6-11-20-30,31-21-12-7-13-22-31)29-18-27-36-34(35)4-2/h4,6-17,19-26H,2-3,5,18,27-29H2,1H3. The molecule has 0 N–H and O–H groups in total. The Balaban J connectivity index is 1.93. The van der Waals surface area contributed by atoms with Gasteiger partial charge in [0, 0.05) is 12.7 Å². The van der Waals surface area contributed by atoms with Crippen LogP contribution in [0.2, 0.25) is 6.04 Å². The van der Waals surface area contributed by atoms with E-state index in [0.717, 1.165) is 29.3 Å². The van der Waals surface area contributed by atoms with Crippen molar-refractivity contribution in [3.63, 3.8) is 0 Å². The number of rotatable bonds is 15. The number of hydrogen-bond donors (Lipinski definition) is 0. The topological polar surface area (TPSA) is 44.8 Å². The Morgan fingerprint density at radius 3 is 1.55 bits per heavy atom. The Morgan fingerprint density at radius 1 is 0.675 bits per heavy atom. The number of unbranched alkanes of at least 4 members (excludes halogenated alkanes) is 1. The molecular weight excluding hydrogens is 529 g/mol. The van der Waals surface area contributed by atoms with Gasteiger partial charge in [-0.3, -0.25) is 0 Å². The molecule has 0 aliphatic carbocycles. The van der Waals surface area contributed by atoms with Gasteiger partial charge in [-0.2, -0.15) is 0 Å². The van der Waals surface area contributed by atoms with Gasteiger partial charge in [0.1, 0.15) is 0 Å². The molecule has 4 aromatic rings. The van der Waals surface area contributed by atoms with Crippen molar-refractivity contribution in [2.75, 3.05) is 13.2 Å². The van der Waals surface area contributed by atoms with E-state index in [9.17, 15) is 4.79 Å². The van der Waals surface area contributed by atoms with E-state index < -0.39 is 22.8 Å². The van der Waals surface area contributed by atoms with Crippen LogP contribution in [0.5, 0.6) is 0 Å². The van der Waals surface area contributed by atoms with Crippen LogP contribution < -0.4 is 20.7 Å². The van der Waals surface area contributed by atoms with Gasteiger partial charge >= 0.3 is 14.5 Å². The summed E-state index contributed by atoms with van der Waals surface area (Å²) in [7, 11) is -6.21. The fourth-order valence-electron chi connectivity index (χ4n) is 4.99. The van der Waals surface area contributed by atoms with Crippen LogP contribution >= 0.6 is 0 Å². The van der Waals surface area contributed by atoms with Crippen LogP contribution in [0, 0.1) is 0 Å². The number of benzene rings is 4. The summed E-state index contributed by atoms with van der Waals surface area (Å²) in [5.74, 6) is -0.409. The molecule has 0 unspecified atom stereocenters. The molecule has 0 bridgehead atoms. The molecule has 0 saturated carbocycles. The van der Waals surface area contributed by atoms with Gasteiger partial charge in [0.15, 0.2) is 0 Å². The molecule has 0 aromatic heterocycles. The third-order valence-corrected chi connectivity index (χ3v) is 15.9. The van der Waals surface area contributed by atoms with E-state index in [4.69, 9.17) is 13.3 Å². The van der Waals surface area contributed by atoms with Crippen LogP contribution in [0.3, 0.4) is 0 Å². The first-order valence-corrected chi connectivity index (χ1v) is 17.9. The maximum Gasteiger partial charge on any atom is 0.397 e. The maximum absolute atomic E-state index is 11.8. The lowest BCUT2D eigenvalue weighted by atomic mass is 10.4. The second kappa shape index (κ2) is 14.7. The summed E-state index contributed by atoms with van der Waals surface area (Å²) in [5.41, 5.74) is 0. The zero-order chi connectivity index (χ0) is 28.1. The lowest BCUT2D eigenvalue weighted by molar-refractivity contribution is -0.137. The lowest BCUT2D eigenvalue weighted by Gasteiger charge is -2.42. The van der Waals surface area contributed by atoms with E-state index in [1.807, 2.05) is 24.3 Å². The molecule has 40 heavy (non-hydrogen) atoms. The molecule has 4 nitrogen and oxygen atoms in total. The molecule has 206 valence electrons. The van der Waals surface area contributed by atoms with Crippen molar-refractivity contribution >= 4 is 43.6 Å². The zero-order valence-corrected chi connectivity index (χ0v) is 25.2. The highest BCUT2D eigenvalue weighted by molar-refractivity contribution is 7.07. The first-order valence-electron chi connectivity index (χ1n) is 14.0. The molecule has 4 rings (SSSR count).